The van der Waals surface area contributed by atoms with Crippen molar-refractivity contribution in [1.29, 1.82) is 0 Å². The Hall–Kier alpha value is -1.92. The number of thiazole rings is 1. The fourth-order valence-corrected chi connectivity index (χ4v) is 4.18. The number of nitrogen functional groups attached to an aromatic ring is 1. The van der Waals surface area contributed by atoms with E-state index >= 15 is 0 Å². The molecule has 3 N–H and O–H groups in total. The molecule has 5 nitrogen and oxygen atoms in total. The number of hydrogen-bond donors (Lipinski definition) is 2. The van der Waals surface area contributed by atoms with E-state index in [4.69, 9.17) is 10.8 Å². The zero-order chi connectivity index (χ0) is 19.8. The molecular formula is C21H31N3O2S. The number of rotatable bonds is 5. The molecule has 148 valence electrons. The molecule has 2 aromatic rings. The van der Waals surface area contributed by atoms with Gasteiger partial charge in [-0.3, -0.25) is 9.69 Å². The van der Waals surface area contributed by atoms with Crippen LogP contribution < -0.4 is 5.73 Å². The Bertz CT molecular complexity index is 715. The van der Waals surface area contributed by atoms with Gasteiger partial charge in [-0.05, 0) is 31.7 Å². The second-order valence-electron chi connectivity index (χ2n) is 7.28. The molecule has 3 rings (SSSR count). The van der Waals surface area contributed by atoms with Gasteiger partial charge in [0.1, 0.15) is 6.04 Å². The summed E-state index contributed by atoms with van der Waals surface area (Å²) in [6.07, 6.45) is 4.02. The van der Waals surface area contributed by atoms with E-state index in [0.29, 0.717) is 11.0 Å². The lowest BCUT2D eigenvalue weighted by molar-refractivity contribution is -0.144. The van der Waals surface area contributed by atoms with E-state index in [9.17, 15) is 4.79 Å². The molecule has 0 saturated carbocycles. The predicted octanol–water partition coefficient (Wildman–Crippen LogP) is 4.54. The number of benzene rings is 1. The van der Waals surface area contributed by atoms with Crippen LogP contribution in [0, 0.1) is 5.92 Å². The molecule has 0 bridgehead atoms. The summed E-state index contributed by atoms with van der Waals surface area (Å²) in [6.45, 7) is 8.26. The van der Waals surface area contributed by atoms with Gasteiger partial charge in [0.05, 0.1) is 5.69 Å². The van der Waals surface area contributed by atoms with Crippen LogP contribution in [0.2, 0.25) is 0 Å². The van der Waals surface area contributed by atoms with Gasteiger partial charge in [0.15, 0.2) is 5.13 Å². The van der Waals surface area contributed by atoms with Gasteiger partial charge in [-0.1, -0.05) is 57.5 Å². The van der Waals surface area contributed by atoms with Crippen molar-refractivity contribution in [2.24, 2.45) is 5.92 Å². The van der Waals surface area contributed by atoms with Gasteiger partial charge < -0.3 is 10.8 Å². The smallest absolute Gasteiger partial charge is 0.320 e. The van der Waals surface area contributed by atoms with Gasteiger partial charge in [0.2, 0.25) is 0 Å². The Morgan fingerprint density at radius 3 is 2.63 bits per heavy atom. The van der Waals surface area contributed by atoms with Crippen molar-refractivity contribution in [3.63, 3.8) is 0 Å². The van der Waals surface area contributed by atoms with Gasteiger partial charge in [0, 0.05) is 17.0 Å². The molecule has 0 aliphatic carbocycles. The number of nitrogens with two attached hydrogens (primary N) is 1. The maximum Gasteiger partial charge on any atom is 0.320 e. The minimum atomic E-state index is -0.652. The molecule has 0 amide bonds. The third kappa shape index (κ3) is 6.33. The molecular weight excluding hydrogens is 358 g/mol. The lowest BCUT2D eigenvalue weighted by atomic mass is 10.0. The highest BCUT2D eigenvalue weighted by molar-refractivity contribution is 7.15. The Morgan fingerprint density at radius 2 is 2.04 bits per heavy atom. The molecule has 0 unspecified atom stereocenters. The number of aryl methyl sites for hydroxylation is 1. The molecule has 6 heteroatoms. The zero-order valence-corrected chi connectivity index (χ0v) is 17.3. The number of piperidine rings is 1. The number of carboxylic acids is 1. The predicted molar refractivity (Wildman–Crippen MR) is 113 cm³/mol. The average Bonchev–Trinajstić information content (AvgIpc) is 3.04. The van der Waals surface area contributed by atoms with Crippen LogP contribution in [0.1, 0.15) is 44.9 Å². The van der Waals surface area contributed by atoms with E-state index in [0.717, 1.165) is 50.0 Å². The molecule has 1 aromatic heterocycles. The van der Waals surface area contributed by atoms with E-state index in [2.05, 4.69) is 42.8 Å². The fourth-order valence-electron chi connectivity index (χ4n) is 3.39. The highest BCUT2D eigenvalue weighted by atomic mass is 32.1. The topological polar surface area (TPSA) is 79.5 Å². The Morgan fingerprint density at radius 1 is 1.33 bits per heavy atom. The van der Waals surface area contributed by atoms with Crippen LogP contribution in [0.25, 0.3) is 11.3 Å². The minimum absolute atomic E-state index is 0.226. The maximum absolute atomic E-state index is 10.9. The van der Waals surface area contributed by atoms with Crippen LogP contribution in [0.3, 0.4) is 0 Å². The maximum atomic E-state index is 10.9. The van der Waals surface area contributed by atoms with Gasteiger partial charge in [0.25, 0.3) is 0 Å². The third-order valence-corrected chi connectivity index (χ3v) is 5.61. The summed E-state index contributed by atoms with van der Waals surface area (Å²) in [5.74, 6) is -0.0969. The summed E-state index contributed by atoms with van der Waals surface area (Å²) < 4.78 is 0. The first-order valence-corrected chi connectivity index (χ1v) is 10.5. The summed E-state index contributed by atoms with van der Waals surface area (Å²) in [5.41, 5.74) is 7.89. The lowest BCUT2D eigenvalue weighted by Crippen LogP contribution is -2.46. The first-order chi connectivity index (χ1) is 12.9. The number of hydrogen-bond acceptors (Lipinski definition) is 5. The third-order valence-electron chi connectivity index (χ3n) is 4.58. The summed E-state index contributed by atoms with van der Waals surface area (Å²) in [5, 5.41) is 9.63. The van der Waals surface area contributed by atoms with Gasteiger partial charge in [-0.2, -0.15) is 0 Å². The van der Waals surface area contributed by atoms with E-state index in [1.54, 1.807) is 11.3 Å². The monoisotopic (exact) mass is 389 g/mol. The van der Waals surface area contributed by atoms with Gasteiger partial charge >= 0.3 is 5.97 Å². The van der Waals surface area contributed by atoms with Crippen LogP contribution in [0.15, 0.2) is 30.3 Å². The van der Waals surface area contributed by atoms with Crippen LogP contribution in [0.5, 0.6) is 0 Å². The quantitative estimate of drug-likeness (QED) is 0.785. The van der Waals surface area contributed by atoms with Crippen LogP contribution >= 0.6 is 11.3 Å². The van der Waals surface area contributed by atoms with Gasteiger partial charge in [-0.15, -0.1) is 11.3 Å². The first kappa shape index (κ1) is 21.4. The molecule has 1 fully saturated rings. The van der Waals surface area contributed by atoms with Crippen molar-refractivity contribution in [3.05, 3.63) is 35.2 Å². The lowest BCUT2D eigenvalue weighted by Gasteiger charge is -2.33. The normalized spacial score (nSPS) is 17.4. The van der Waals surface area contributed by atoms with E-state index in [-0.39, 0.29) is 6.04 Å². The van der Waals surface area contributed by atoms with Crippen molar-refractivity contribution in [2.75, 3.05) is 18.8 Å². The minimum Gasteiger partial charge on any atom is -0.480 e. The number of aliphatic carboxylic acids is 1. The summed E-state index contributed by atoms with van der Waals surface area (Å²) in [7, 11) is 0. The fraction of sp³-hybridized carbons (Fsp3) is 0.524. The van der Waals surface area contributed by atoms with Crippen molar-refractivity contribution < 1.29 is 9.90 Å². The number of anilines is 1. The van der Waals surface area contributed by atoms with Crippen LogP contribution in [-0.4, -0.2) is 40.1 Å². The zero-order valence-electron chi connectivity index (χ0n) is 16.5. The SMILES string of the molecule is CC(C)CN1CCCC[C@H]1C(=O)O.CCc1sc(N)nc1-c1ccccc1. The molecule has 1 aromatic carbocycles. The number of carboxylic acid groups (broad SMARTS) is 1. The largest absolute Gasteiger partial charge is 0.480 e. The second-order valence-corrected chi connectivity index (χ2v) is 8.40. The van der Waals surface area contributed by atoms with E-state index < -0.39 is 5.97 Å². The van der Waals surface area contributed by atoms with Crippen LogP contribution in [0.4, 0.5) is 5.13 Å². The number of aromatic nitrogens is 1. The van der Waals surface area contributed by atoms with E-state index in [1.807, 2.05) is 18.2 Å². The van der Waals surface area contributed by atoms with Gasteiger partial charge in [-0.25, -0.2) is 4.98 Å². The molecule has 1 aliphatic heterocycles. The molecule has 2 heterocycles. The molecule has 1 aliphatic rings. The van der Waals surface area contributed by atoms with E-state index in [1.165, 1.54) is 4.88 Å². The molecule has 0 spiro atoms. The number of nitrogens with zero attached hydrogens (tertiary/aromatic N) is 2. The summed E-state index contributed by atoms with van der Waals surface area (Å²) >= 11 is 1.58. The van der Waals surface area contributed by atoms with Crippen molar-refractivity contribution >= 4 is 22.4 Å². The Kier molecular flexibility index (Phi) is 8.25. The highest BCUT2D eigenvalue weighted by Gasteiger charge is 2.28. The molecule has 1 atom stereocenters. The number of likely N-dealkylation sites (tertiary alicyclic amines) is 1. The van der Waals surface area contributed by atoms with Crippen molar-refractivity contribution in [1.82, 2.24) is 9.88 Å². The molecule has 1 saturated heterocycles. The molecule has 27 heavy (non-hydrogen) atoms. The Balaban J connectivity index is 0.000000194. The first-order valence-electron chi connectivity index (χ1n) is 9.69. The van der Waals surface area contributed by atoms with Crippen LogP contribution in [-0.2, 0) is 11.2 Å². The number of carbonyl (C=O) groups is 1. The van der Waals surface area contributed by atoms with Crippen molar-refractivity contribution in [2.45, 2.75) is 52.5 Å². The highest BCUT2D eigenvalue weighted by Crippen LogP contribution is 2.29. The second kappa shape index (κ2) is 10.4. The molecule has 0 radical (unpaired) electrons. The average molecular weight is 390 g/mol. The Labute approximate surface area is 166 Å². The van der Waals surface area contributed by atoms with Crippen molar-refractivity contribution in [3.8, 4) is 11.3 Å². The standard InChI is InChI=1S/C11H12N2S.C10H19NO2/c1-2-9-10(13-11(12)14-9)8-6-4-3-5-7-8;1-8(2)7-11-6-4-3-5-9(11)10(12)13/h3-7H,2H2,1H3,(H2,12,13);8-9H,3-7H2,1-2H3,(H,12,13)/t;9-/m.0/s1. The summed E-state index contributed by atoms with van der Waals surface area (Å²) in [6, 6.07) is 9.94. The summed E-state index contributed by atoms with van der Waals surface area (Å²) in [4.78, 5) is 18.6.